The van der Waals surface area contributed by atoms with Crippen molar-refractivity contribution < 1.29 is 19.0 Å². The molecule has 5 aliphatic rings. The summed E-state index contributed by atoms with van der Waals surface area (Å²) in [6.45, 7) is 9.40. The molecule has 180 valence electrons. The van der Waals surface area contributed by atoms with E-state index in [0.717, 1.165) is 51.4 Å². The topological polar surface area (TPSA) is 54.5 Å². The molecule has 5 fully saturated rings. The van der Waals surface area contributed by atoms with E-state index in [9.17, 15) is 4.79 Å². The van der Waals surface area contributed by atoms with Gasteiger partial charge in [-0.15, -0.1) is 0 Å². The number of carbonyl (C=O) groups is 1. The van der Waals surface area contributed by atoms with Crippen LogP contribution in [0.4, 0.5) is 5.69 Å². The number of carbonyl (C=O) groups excluding carboxylic acids is 1. The highest BCUT2D eigenvalue weighted by Crippen LogP contribution is 2.62. The van der Waals surface area contributed by atoms with Crippen molar-refractivity contribution in [3.8, 4) is 5.75 Å². The molecule has 2 aliphatic carbocycles. The summed E-state index contributed by atoms with van der Waals surface area (Å²) in [6.07, 6.45) is 5.93. The summed E-state index contributed by atoms with van der Waals surface area (Å²) in [7, 11) is 1.70. The Morgan fingerprint density at radius 3 is 2.67 bits per heavy atom. The molecule has 0 N–H and O–H groups in total. The Balaban J connectivity index is 1.12. The first kappa shape index (κ1) is 21.7. The molecule has 1 aromatic carbocycles. The quantitative estimate of drug-likeness (QED) is 0.510. The summed E-state index contributed by atoms with van der Waals surface area (Å²) in [5.41, 5.74) is 1.62. The monoisotopic (exact) mass is 454 g/mol. The number of piperazine rings is 1. The van der Waals surface area contributed by atoms with E-state index < -0.39 is 0 Å². The average molecular weight is 455 g/mol. The molecule has 1 spiro atoms. The first-order valence-corrected chi connectivity index (χ1v) is 12.9. The van der Waals surface area contributed by atoms with Crippen LogP contribution in [0.2, 0.25) is 0 Å². The summed E-state index contributed by atoms with van der Waals surface area (Å²) in [4.78, 5) is 18.0. The van der Waals surface area contributed by atoms with Gasteiger partial charge in [-0.05, 0) is 74.6 Å². The Labute approximate surface area is 197 Å². The standard InChI is InChI=1S/C27H38N2O4/c1-18-15-28(11-12-29(18)19-5-7-20(31-3)8-6-19)16-22-21-13-24-26(2,14-23(21)33-25(22)30)9-4-10-27(24)17-32-27/h5-8,18,21-24H,4,9-17H2,1-3H3. The molecule has 6 heteroatoms. The van der Waals surface area contributed by atoms with Gasteiger partial charge in [-0.1, -0.05) is 6.92 Å². The number of methoxy groups -OCH3 is 1. The van der Waals surface area contributed by atoms with Gasteiger partial charge in [-0.3, -0.25) is 9.69 Å². The van der Waals surface area contributed by atoms with Crippen molar-refractivity contribution in [1.29, 1.82) is 0 Å². The number of hydrogen-bond acceptors (Lipinski definition) is 6. The van der Waals surface area contributed by atoms with Crippen LogP contribution in [-0.4, -0.2) is 68.5 Å². The highest BCUT2D eigenvalue weighted by molar-refractivity contribution is 5.75. The maximum absolute atomic E-state index is 13.0. The van der Waals surface area contributed by atoms with Gasteiger partial charge in [0.05, 0.1) is 25.2 Å². The van der Waals surface area contributed by atoms with Gasteiger partial charge in [-0.25, -0.2) is 0 Å². The van der Waals surface area contributed by atoms with E-state index in [1.807, 2.05) is 12.1 Å². The Bertz CT molecular complexity index is 900. The molecular weight excluding hydrogens is 416 g/mol. The lowest BCUT2D eigenvalue weighted by atomic mass is 9.53. The molecule has 2 saturated carbocycles. The molecule has 0 radical (unpaired) electrons. The SMILES string of the molecule is COc1ccc(N2CCN(CC3C(=O)OC4CC5(C)CCCC6(CO6)C5CC43)CC2C)cc1. The summed E-state index contributed by atoms with van der Waals surface area (Å²) >= 11 is 0. The van der Waals surface area contributed by atoms with Crippen molar-refractivity contribution in [2.45, 2.75) is 63.7 Å². The maximum atomic E-state index is 13.0. The second kappa shape index (κ2) is 7.88. The number of rotatable bonds is 4. The molecule has 3 heterocycles. The molecule has 0 amide bonds. The smallest absolute Gasteiger partial charge is 0.310 e. The number of ether oxygens (including phenoxy) is 3. The molecule has 0 aromatic heterocycles. The molecule has 33 heavy (non-hydrogen) atoms. The van der Waals surface area contributed by atoms with Crippen LogP contribution in [0, 0.1) is 23.2 Å². The zero-order chi connectivity index (χ0) is 22.8. The van der Waals surface area contributed by atoms with Crippen LogP contribution in [0.15, 0.2) is 24.3 Å². The molecular formula is C27H38N2O4. The maximum Gasteiger partial charge on any atom is 0.310 e. The fourth-order valence-corrected chi connectivity index (χ4v) is 7.80. The van der Waals surface area contributed by atoms with Gasteiger partial charge in [0, 0.05) is 43.8 Å². The second-order valence-electron chi connectivity index (χ2n) is 11.6. The van der Waals surface area contributed by atoms with Gasteiger partial charge >= 0.3 is 5.97 Å². The van der Waals surface area contributed by atoms with Crippen molar-refractivity contribution in [3.05, 3.63) is 24.3 Å². The van der Waals surface area contributed by atoms with Gasteiger partial charge in [-0.2, -0.15) is 0 Å². The van der Waals surface area contributed by atoms with Crippen LogP contribution in [0.1, 0.15) is 46.0 Å². The van der Waals surface area contributed by atoms with E-state index in [4.69, 9.17) is 14.2 Å². The first-order chi connectivity index (χ1) is 15.9. The highest BCUT2D eigenvalue weighted by atomic mass is 16.6. The minimum atomic E-state index is 0.0111. The summed E-state index contributed by atoms with van der Waals surface area (Å²) in [5.74, 6) is 1.88. The van der Waals surface area contributed by atoms with Crippen molar-refractivity contribution in [3.63, 3.8) is 0 Å². The van der Waals surface area contributed by atoms with Crippen LogP contribution in [-0.2, 0) is 14.3 Å². The summed E-state index contributed by atoms with van der Waals surface area (Å²) < 4.78 is 17.4. The van der Waals surface area contributed by atoms with E-state index in [1.54, 1.807) is 7.11 Å². The van der Waals surface area contributed by atoms with E-state index in [0.29, 0.717) is 17.9 Å². The fourth-order valence-electron chi connectivity index (χ4n) is 7.80. The van der Waals surface area contributed by atoms with Crippen LogP contribution in [0.25, 0.3) is 0 Å². The predicted molar refractivity (Wildman–Crippen MR) is 126 cm³/mol. The van der Waals surface area contributed by atoms with Crippen LogP contribution in [0.5, 0.6) is 5.75 Å². The Kier molecular flexibility index (Phi) is 5.18. The van der Waals surface area contributed by atoms with Gasteiger partial charge in [0.15, 0.2) is 0 Å². The third-order valence-electron chi connectivity index (χ3n) is 9.65. The van der Waals surface area contributed by atoms with Crippen LogP contribution in [0.3, 0.4) is 0 Å². The first-order valence-electron chi connectivity index (χ1n) is 12.9. The average Bonchev–Trinajstić information content (AvgIpc) is 3.51. The van der Waals surface area contributed by atoms with Gasteiger partial charge in [0.25, 0.3) is 0 Å². The van der Waals surface area contributed by atoms with Crippen LogP contribution >= 0.6 is 0 Å². The van der Waals surface area contributed by atoms with Crippen molar-refractivity contribution in [2.75, 3.05) is 44.8 Å². The van der Waals surface area contributed by atoms with Gasteiger partial charge < -0.3 is 19.1 Å². The summed E-state index contributed by atoms with van der Waals surface area (Å²) in [5, 5.41) is 0. The third kappa shape index (κ3) is 3.65. The van der Waals surface area contributed by atoms with Crippen LogP contribution < -0.4 is 9.64 Å². The Morgan fingerprint density at radius 2 is 1.97 bits per heavy atom. The normalized spacial score (nSPS) is 42.6. The molecule has 6 nitrogen and oxygen atoms in total. The van der Waals surface area contributed by atoms with E-state index in [1.165, 1.54) is 24.9 Å². The molecule has 3 saturated heterocycles. The lowest BCUT2D eigenvalue weighted by Crippen LogP contribution is -2.54. The van der Waals surface area contributed by atoms with E-state index >= 15 is 0 Å². The molecule has 7 unspecified atom stereocenters. The number of hydrogen-bond donors (Lipinski definition) is 0. The van der Waals surface area contributed by atoms with E-state index in [-0.39, 0.29) is 29.0 Å². The van der Waals surface area contributed by atoms with Gasteiger partial charge in [0.1, 0.15) is 11.9 Å². The van der Waals surface area contributed by atoms with Crippen molar-refractivity contribution >= 4 is 11.7 Å². The lowest BCUT2D eigenvalue weighted by molar-refractivity contribution is -0.147. The zero-order valence-corrected chi connectivity index (χ0v) is 20.3. The molecule has 0 bridgehead atoms. The van der Waals surface area contributed by atoms with E-state index in [2.05, 4.69) is 35.8 Å². The minimum Gasteiger partial charge on any atom is -0.497 e. The van der Waals surface area contributed by atoms with Crippen molar-refractivity contribution in [2.24, 2.45) is 23.2 Å². The fraction of sp³-hybridized carbons (Fsp3) is 0.741. The number of benzene rings is 1. The molecule has 6 rings (SSSR count). The number of nitrogens with zero attached hydrogens (tertiary/aromatic N) is 2. The number of epoxide rings is 1. The number of fused-ring (bicyclic) bond motifs is 3. The second-order valence-corrected chi connectivity index (χ2v) is 11.6. The lowest BCUT2D eigenvalue weighted by Gasteiger charge is -2.51. The zero-order valence-electron chi connectivity index (χ0n) is 20.3. The predicted octanol–water partition coefficient (Wildman–Crippen LogP) is 3.73. The van der Waals surface area contributed by atoms with Gasteiger partial charge in [0.2, 0.25) is 0 Å². The number of anilines is 1. The molecule has 1 aromatic rings. The number of esters is 1. The highest BCUT2D eigenvalue weighted by Gasteiger charge is 2.65. The Hall–Kier alpha value is -1.79. The summed E-state index contributed by atoms with van der Waals surface area (Å²) in [6, 6.07) is 8.74. The minimum absolute atomic E-state index is 0.0111. The largest absolute Gasteiger partial charge is 0.497 e. The third-order valence-corrected chi connectivity index (χ3v) is 9.65. The Morgan fingerprint density at radius 1 is 1.18 bits per heavy atom. The molecule has 7 atom stereocenters. The van der Waals surface area contributed by atoms with Crippen molar-refractivity contribution in [1.82, 2.24) is 4.90 Å². The molecule has 3 aliphatic heterocycles.